The number of likely N-dealkylation sites (N-methyl/N-ethyl adjacent to an activating group) is 1. The molecule has 118 valence electrons. The number of nitrogens with zero attached hydrogens (tertiary/aromatic N) is 1. The summed E-state index contributed by atoms with van der Waals surface area (Å²) in [6.07, 6.45) is 4.59. The second-order valence-corrected chi connectivity index (χ2v) is 8.02. The first-order valence-electron chi connectivity index (χ1n) is 8.08. The van der Waals surface area contributed by atoms with Gasteiger partial charge in [-0.25, -0.2) is 0 Å². The van der Waals surface area contributed by atoms with E-state index < -0.39 is 0 Å². The van der Waals surface area contributed by atoms with Crippen LogP contribution in [0.4, 0.5) is 0 Å². The second kappa shape index (κ2) is 6.80. The Morgan fingerprint density at radius 1 is 1.29 bits per heavy atom. The Morgan fingerprint density at radius 3 is 2.62 bits per heavy atom. The highest BCUT2D eigenvalue weighted by molar-refractivity contribution is 9.10. The standard InChI is InChI=1S/C18H29BrN2/c1-13(2)9-14(3)21(4)18(12-20)8-7-15-10-17(19)6-5-16(15)11-18/h5-6,10,13-14H,7-9,11-12,20H2,1-4H3. The summed E-state index contributed by atoms with van der Waals surface area (Å²) in [6.45, 7) is 7.68. The highest BCUT2D eigenvalue weighted by atomic mass is 79.9. The summed E-state index contributed by atoms with van der Waals surface area (Å²) in [4.78, 5) is 2.55. The fraction of sp³-hybridized carbons (Fsp3) is 0.667. The summed E-state index contributed by atoms with van der Waals surface area (Å²) in [5.74, 6) is 0.726. The Labute approximate surface area is 138 Å². The van der Waals surface area contributed by atoms with Crippen molar-refractivity contribution in [3.8, 4) is 0 Å². The fourth-order valence-electron chi connectivity index (χ4n) is 3.74. The predicted octanol–water partition coefficient (Wildman–Crippen LogP) is 4.00. The van der Waals surface area contributed by atoms with Gasteiger partial charge in [0.2, 0.25) is 0 Å². The first-order valence-corrected chi connectivity index (χ1v) is 8.87. The van der Waals surface area contributed by atoms with Crippen LogP contribution in [-0.4, -0.2) is 30.1 Å². The summed E-state index contributed by atoms with van der Waals surface area (Å²) in [5.41, 5.74) is 9.32. The maximum absolute atomic E-state index is 6.24. The third kappa shape index (κ3) is 3.69. The first-order chi connectivity index (χ1) is 9.88. The third-order valence-electron chi connectivity index (χ3n) is 5.15. The smallest absolute Gasteiger partial charge is 0.0374 e. The molecule has 3 heteroatoms. The van der Waals surface area contributed by atoms with E-state index in [-0.39, 0.29) is 5.54 Å². The molecule has 1 aromatic rings. The summed E-state index contributed by atoms with van der Waals surface area (Å²) < 4.78 is 1.18. The number of fused-ring (bicyclic) bond motifs is 1. The van der Waals surface area contributed by atoms with Gasteiger partial charge in [-0.3, -0.25) is 4.90 Å². The SMILES string of the molecule is CC(C)CC(C)N(C)C1(CN)CCc2cc(Br)ccc2C1. The Morgan fingerprint density at radius 2 is 2.00 bits per heavy atom. The Balaban J connectivity index is 2.21. The lowest BCUT2D eigenvalue weighted by molar-refractivity contribution is 0.0617. The van der Waals surface area contributed by atoms with Crippen LogP contribution < -0.4 is 5.73 Å². The Bertz CT molecular complexity index is 486. The van der Waals surface area contributed by atoms with Crippen LogP contribution >= 0.6 is 15.9 Å². The molecule has 1 aliphatic carbocycles. The fourth-order valence-corrected chi connectivity index (χ4v) is 4.15. The number of halogens is 1. The van der Waals surface area contributed by atoms with E-state index in [2.05, 4.69) is 66.8 Å². The van der Waals surface area contributed by atoms with Crippen molar-refractivity contribution in [2.45, 2.75) is 58.0 Å². The lowest BCUT2D eigenvalue weighted by Crippen LogP contribution is -2.58. The molecule has 0 fully saturated rings. The molecule has 0 heterocycles. The van der Waals surface area contributed by atoms with Gasteiger partial charge in [0.15, 0.2) is 0 Å². The average molecular weight is 353 g/mol. The van der Waals surface area contributed by atoms with Crippen LogP contribution in [0.5, 0.6) is 0 Å². The second-order valence-electron chi connectivity index (χ2n) is 7.11. The third-order valence-corrected chi connectivity index (χ3v) is 5.64. The molecule has 2 N–H and O–H groups in total. The van der Waals surface area contributed by atoms with Gasteiger partial charge in [-0.15, -0.1) is 0 Å². The molecule has 2 unspecified atom stereocenters. The number of benzene rings is 1. The summed E-state index contributed by atoms with van der Waals surface area (Å²) in [5, 5.41) is 0. The van der Waals surface area contributed by atoms with Crippen molar-refractivity contribution in [3.05, 3.63) is 33.8 Å². The minimum atomic E-state index is 0.120. The van der Waals surface area contributed by atoms with Crippen LogP contribution in [0.15, 0.2) is 22.7 Å². The van der Waals surface area contributed by atoms with Crippen molar-refractivity contribution in [1.82, 2.24) is 4.90 Å². The highest BCUT2D eigenvalue weighted by Gasteiger charge is 2.38. The van der Waals surface area contributed by atoms with Crippen molar-refractivity contribution >= 4 is 15.9 Å². The van der Waals surface area contributed by atoms with Crippen molar-refractivity contribution < 1.29 is 0 Å². The normalized spacial score (nSPS) is 23.4. The van der Waals surface area contributed by atoms with E-state index in [4.69, 9.17) is 5.73 Å². The van der Waals surface area contributed by atoms with E-state index >= 15 is 0 Å². The minimum Gasteiger partial charge on any atom is -0.329 e. The zero-order valence-corrected chi connectivity index (χ0v) is 15.4. The molecule has 0 spiro atoms. The minimum absolute atomic E-state index is 0.120. The molecule has 21 heavy (non-hydrogen) atoms. The van der Waals surface area contributed by atoms with Crippen LogP contribution in [-0.2, 0) is 12.8 Å². The van der Waals surface area contributed by atoms with Gasteiger partial charge < -0.3 is 5.73 Å². The molecule has 2 rings (SSSR count). The molecular weight excluding hydrogens is 324 g/mol. The largest absolute Gasteiger partial charge is 0.329 e. The monoisotopic (exact) mass is 352 g/mol. The Hall–Kier alpha value is -0.380. The predicted molar refractivity (Wildman–Crippen MR) is 94.6 cm³/mol. The molecule has 0 saturated carbocycles. The first kappa shape index (κ1) is 17.0. The maximum Gasteiger partial charge on any atom is 0.0374 e. The summed E-state index contributed by atoms with van der Waals surface area (Å²) >= 11 is 3.58. The molecule has 1 aliphatic rings. The van der Waals surface area contributed by atoms with Crippen molar-refractivity contribution in [2.24, 2.45) is 11.7 Å². The number of rotatable bonds is 5. The number of hydrogen-bond donors (Lipinski definition) is 1. The van der Waals surface area contributed by atoms with Crippen LogP contribution in [0.2, 0.25) is 0 Å². The van der Waals surface area contributed by atoms with E-state index in [9.17, 15) is 0 Å². The molecule has 2 atom stereocenters. The lowest BCUT2D eigenvalue weighted by atomic mass is 9.76. The van der Waals surface area contributed by atoms with Crippen molar-refractivity contribution in [1.29, 1.82) is 0 Å². The van der Waals surface area contributed by atoms with E-state index in [1.54, 1.807) is 0 Å². The lowest BCUT2D eigenvalue weighted by Gasteiger charge is -2.47. The van der Waals surface area contributed by atoms with Gasteiger partial charge in [0.05, 0.1) is 0 Å². The zero-order chi connectivity index (χ0) is 15.6. The van der Waals surface area contributed by atoms with Gasteiger partial charge in [0.25, 0.3) is 0 Å². The maximum atomic E-state index is 6.24. The molecule has 0 amide bonds. The molecule has 1 aromatic carbocycles. The molecule has 0 bridgehead atoms. The van der Waals surface area contributed by atoms with Gasteiger partial charge in [-0.2, -0.15) is 0 Å². The van der Waals surface area contributed by atoms with Gasteiger partial charge in [-0.1, -0.05) is 35.8 Å². The molecular formula is C18H29BrN2. The summed E-state index contributed by atoms with van der Waals surface area (Å²) in [6, 6.07) is 7.27. The van der Waals surface area contributed by atoms with Crippen molar-refractivity contribution in [3.63, 3.8) is 0 Å². The van der Waals surface area contributed by atoms with E-state index in [0.717, 1.165) is 31.7 Å². The zero-order valence-electron chi connectivity index (χ0n) is 13.8. The Kier molecular flexibility index (Phi) is 5.50. The van der Waals surface area contributed by atoms with Gasteiger partial charge in [-0.05, 0) is 68.8 Å². The van der Waals surface area contributed by atoms with Crippen molar-refractivity contribution in [2.75, 3.05) is 13.6 Å². The topological polar surface area (TPSA) is 29.3 Å². The molecule has 0 saturated heterocycles. The van der Waals surface area contributed by atoms with Gasteiger partial charge in [0, 0.05) is 22.6 Å². The molecule has 0 aliphatic heterocycles. The highest BCUT2D eigenvalue weighted by Crippen LogP contribution is 2.35. The van der Waals surface area contributed by atoms with Gasteiger partial charge in [0.1, 0.15) is 0 Å². The van der Waals surface area contributed by atoms with E-state index in [1.165, 1.54) is 22.0 Å². The number of aryl methyl sites for hydroxylation is 1. The quantitative estimate of drug-likeness (QED) is 0.867. The number of nitrogens with two attached hydrogens (primary N) is 1. The van der Waals surface area contributed by atoms with E-state index in [0.29, 0.717) is 6.04 Å². The molecule has 0 aromatic heterocycles. The molecule has 0 radical (unpaired) electrons. The molecule has 2 nitrogen and oxygen atoms in total. The van der Waals surface area contributed by atoms with Crippen LogP contribution in [0.3, 0.4) is 0 Å². The van der Waals surface area contributed by atoms with Crippen LogP contribution in [0.25, 0.3) is 0 Å². The average Bonchev–Trinajstić information content (AvgIpc) is 2.45. The number of hydrogen-bond acceptors (Lipinski definition) is 2. The van der Waals surface area contributed by atoms with Gasteiger partial charge >= 0.3 is 0 Å². The van der Waals surface area contributed by atoms with Crippen LogP contribution in [0, 0.1) is 5.92 Å². The van der Waals surface area contributed by atoms with Crippen LogP contribution in [0.1, 0.15) is 44.7 Å². The van der Waals surface area contributed by atoms with E-state index in [1.807, 2.05) is 0 Å². The summed E-state index contributed by atoms with van der Waals surface area (Å²) in [7, 11) is 2.27.